The summed E-state index contributed by atoms with van der Waals surface area (Å²) in [5.74, 6) is 0. The van der Waals surface area contributed by atoms with Crippen LogP contribution in [0.3, 0.4) is 0 Å². The van der Waals surface area contributed by atoms with Crippen molar-refractivity contribution >= 4 is 11.3 Å². The Bertz CT molecular complexity index is 262. The van der Waals surface area contributed by atoms with Gasteiger partial charge >= 0.3 is 0 Å². The summed E-state index contributed by atoms with van der Waals surface area (Å²) in [4.78, 5) is 4.48. The zero-order valence-electron chi connectivity index (χ0n) is 9.04. The lowest BCUT2D eigenvalue weighted by atomic mass is 10.2. The highest BCUT2D eigenvalue weighted by molar-refractivity contribution is 7.09. The van der Waals surface area contributed by atoms with E-state index in [1.165, 1.54) is 0 Å². The minimum atomic E-state index is 0.498. The van der Waals surface area contributed by atoms with Gasteiger partial charge in [0.15, 0.2) is 0 Å². The molecule has 0 aromatic carbocycles. The van der Waals surface area contributed by atoms with Crippen LogP contribution in [0.15, 0.2) is 5.38 Å². The van der Waals surface area contributed by atoms with E-state index in [-0.39, 0.29) is 0 Å². The Kier molecular flexibility index (Phi) is 5.07. The maximum Gasteiger partial charge on any atom is 0.119 e. The highest BCUT2D eigenvalue weighted by Gasteiger charge is 2.05. The average Bonchev–Trinajstić information content (AvgIpc) is 2.53. The van der Waals surface area contributed by atoms with Crippen molar-refractivity contribution in [1.82, 2.24) is 10.3 Å². The van der Waals surface area contributed by atoms with Crippen molar-refractivity contribution in [3.05, 3.63) is 16.1 Å². The molecule has 1 rings (SSSR count). The first kappa shape index (κ1) is 11.6. The smallest absolute Gasteiger partial charge is 0.119 e. The van der Waals surface area contributed by atoms with E-state index in [1.807, 2.05) is 0 Å². The number of ether oxygens (including phenoxy) is 1. The fourth-order valence-corrected chi connectivity index (χ4v) is 2.14. The summed E-state index contributed by atoms with van der Waals surface area (Å²) in [6.45, 7) is 5.93. The highest BCUT2D eigenvalue weighted by Crippen LogP contribution is 2.12. The molecule has 0 aliphatic rings. The summed E-state index contributed by atoms with van der Waals surface area (Å²) in [7, 11) is 1.70. The van der Waals surface area contributed by atoms with Crippen LogP contribution in [0.25, 0.3) is 0 Å². The average molecular weight is 214 g/mol. The molecular weight excluding hydrogens is 196 g/mol. The topological polar surface area (TPSA) is 34.1 Å². The molecule has 0 aliphatic heterocycles. The van der Waals surface area contributed by atoms with Crippen molar-refractivity contribution in [1.29, 1.82) is 0 Å². The van der Waals surface area contributed by atoms with Gasteiger partial charge < -0.3 is 10.1 Å². The number of aromatic nitrogens is 1. The van der Waals surface area contributed by atoms with Crippen LogP contribution in [0.5, 0.6) is 0 Å². The van der Waals surface area contributed by atoms with Gasteiger partial charge in [-0.15, -0.1) is 11.3 Å². The standard InChI is InChI=1S/C10H18N2OS/c1-4-11-8(2)5-9-7-14-10(12-9)6-13-3/h7-8,11H,4-6H2,1-3H3. The minimum absolute atomic E-state index is 0.498. The second kappa shape index (κ2) is 6.11. The van der Waals surface area contributed by atoms with Crippen molar-refractivity contribution < 1.29 is 4.74 Å². The van der Waals surface area contributed by atoms with Gasteiger partial charge in [0.25, 0.3) is 0 Å². The van der Waals surface area contributed by atoms with Crippen LogP contribution in [-0.2, 0) is 17.8 Å². The maximum absolute atomic E-state index is 5.03. The van der Waals surface area contributed by atoms with Crippen molar-refractivity contribution in [2.45, 2.75) is 32.9 Å². The Morgan fingerprint density at radius 2 is 2.43 bits per heavy atom. The first-order valence-electron chi connectivity index (χ1n) is 4.91. The molecular formula is C10H18N2OS. The molecule has 1 aromatic rings. The van der Waals surface area contributed by atoms with Gasteiger partial charge in [-0.3, -0.25) is 0 Å². The molecule has 0 radical (unpaired) electrons. The molecule has 4 heteroatoms. The number of hydrogen-bond acceptors (Lipinski definition) is 4. The predicted molar refractivity (Wildman–Crippen MR) is 59.7 cm³/mol. The molecule has 0 aliphatic carbocycles. The Morgan fingerprint density at radius 3 is 3.07 bits per heavy atom. The van der Waals surface area contributed by atoms with Gasteiger partial charge in [0.2, 0.25) is 0 Å². The van der Waals surface area contributed by atoms with E-state index in [9.17, 15) is 0 Å². The van der Waals surface area contributed by atoms with Gasteiger partial charge in [-0.1, -0.05) is 6.92 Å². The fraction of sp³-hybridized carbons (Fsp3) is 0.700. The Morgan fingerprint density at radius 1 is 1.64 bits per heavy atom. The van der Waals surface area contributed by atoms with Crippen LogP contribution in [0.1, 0.15) is 24.5 Å². The van der Waals surface area contributed by atoms with E-state index in [2.05, 4.69) is 29.5 Å². The zero-order valence-corrected chi connectivity index (χ0v) is 9.86. The van der Waals surface area contributed by atoms with E-state index >= 15 is 0 Å². The summed E-state index contributed by atoms with van der Waals surface area (Å²) >= 11 is 1.67. The molecule has 0 amide bonds. The Balaban J connectivity index is 2.42. The number of hydrogen-bond donors (Lipinski definition) is 1. The van der Waals surface area contributed by atoms with E-state index in [4.69, 9.17) is 4.74 Å². The molecule has 1 aromatic heterocycles. The fourth-order valence-electron chi connectivity index (χ4n) is 1.37. The first-order valence-corrected chi connectivity index (χ1v) is 5.79. The van der Waals surface area contributed by atoms with Crippen molar-refractivity contribution in [2.75, 3.05) is 13.7 Å². The molecule has 0 fully saturated rings. The van der Waals surface area contributed by atoms with Gasteiger partial charge in [0, 0.05) is 25.0 Å². The van der Waals surface area contributed by atoms with E-state index in [0.717, 1.165) is 23.7 Å². The van der Waals surface area contributed by atoms with Gasteiger partial charge in [-0.05, 0) is 13.5 Å². The molecule has 14 heavy (non-hydrogen) atoms. The third kappa shape index (κ3) is 3.74. The quantitative estimate of drug-likeness (QED) is 0.784. The van der Waals surface area contributed by atoms with Crippen molar-refractivity contribution in [3.8, 4) is 0 Å². The van der Waals surface area contributed by atoms with Gasteiger partial charge in [-0.2, -0.15) is 0 Å². The number of likely N-dealkylation sites (N-methyl/N-ethyl adjacent to an activating group) is 1. The molecule has 1 unspecified atom stereocenters. The summed E-state index contributed by atoms with van der Waals surface area (Å²) in [5.41, 5.74) is 1.16. The summed E-state index contributed by atoms with van der Waals surface area (Å²) in [6, 6.07) is 0.498. The third-order valence-corrected chi connectivity index (χ3v) is 2.81. The second-order valence-electron chi connectivity index (χ2n) is 3.33. The van der Waals surface area contributed by atoms with Crippen LogP contribution >= 0.6 is 11.3 Å². The Hall–Kier alpha value is -0.450. The number of methoxy groups -OCH3 is 1. The van der Waals surface area contributed by atoms with Gasteiger partial charge in [-0.25, -0.2) is 4.98 Å². The second-order valence-corrected chi connectivity index (χ2v) is 4.27. The summed E-state index contributed by atoms with van der Waals surface area (Å²) in [5, 5.41) is 6.54. The molecule has 0 bridgehead atoms. The highest BCUT2D eigenvalue weighted by atomic mass is 32.1. The molecule has 1 heterocycles. The number of nitrogens with zero attached hydrogens (tertiary/aromatic N) is 1. The molecule has 0 saturated heterocycles. The minimum Gasteiger partial charge on any atom is -0.378 e. The Labute approximate surface area is 89.5 Å². The lowest BCUT2D eigenvalue weighted by Crippen LogP contribution is -2.27. The lowest BCUT2D eigenvalue weighted by Gasteiger charge is -2.09. The largest absolute Gasteiger partial charge is 0.378 e. The molecule has 0 saturated carbocycles. The number of rotatable bonds is 6. The van der Waals surface area contributed by atoms with Crippen molar-refractivity contribution in [2.24, 2.45) is 0 Å². The SMILES string of the molecule is CCNC(C)Cc1csc(COC)n1. The van der Waals surface area contributed by atoms with E-state index in [1.54, 1.807) is 18.4 Å². The van der Waals surface area contributed by atoms with E-state index in [0.29, 0.717) is 12.6 Å². The molecule has 0 spiro atoms. The molecule has 1 atom stereocenters. The van der Waals surface area contributed by atoms with Crippen LogP contribution in [-0.4, -0.2) is 24.7 Å². The predicted octanol–water partition coefficient (Wildman–Crippen LogP) is 1.83. The monoisotopic (exact) mass is 214 g/mol. The summed E-state index contributed by atoms with van der Waals surface area (Å²) in [6.07, 6.45) is 0.994. The number of nitrogens with one attached hydrogen (secondary N) is 1. The normalized spacial score (nSPS) is 13.1. The molecule has 80 valence electrons. The van der Waals surface area contributed by atoms with E-state index < -0.39 is 0 Å². The third-order valence-electron chi connectivity index (χ3n) is 1.94. The van der Waals surface area contributed by atoms with Crippen LogP contribution in [0.4, 0.5) is 0 Å². The van der Waals surface area contributed by atoms with Gasteiger partial charge in [0.05, 0.1) is 12.3 Å². The lowest BCUT2D eigenvalue weighted by molar-refractivity contribution is 0.184. The van der Waals surface area contributed by atoms with Gasteiger partial charge in [0.1, 0.15) is 5.01 Å². The summed E-state index contributed by atoms with van der Waals surface area (Å²) < 4.78 is 5.03. The van der Waals surface area contributed by atoms with Crippen molar-refractivity contribution in [3.63, 3.8) is 0 Å². The number of thiazole rings is 1. The van der Waals surface area contributed by atoms with Crippen LogP contribution in [0.2, 0.25) is 0 Å². The molecule has 1 N–H and O–H groups in total. The zero-order chi connectivity index (χ0) is 10.4. The van der Waals surface area contributed by atoms with Crippen LogP contribution in [0, 0.1) is 0 Å². The van der Waals surface area contributed by atoms with Crippen LogP contribution < -0.4 is 5.32 Å². The first-order chi connectivity index (χ1) is 6.76. The maximum atomic E-state index is 5.03. The molecule has 3 nitrogen and oxygen atoms in total.